The minimum absolute atomic E-state index is 0.0597. The minimum Gasteiger partial charge on any atom is -0.488 e. The van der Waals surface area contributed by atoms with Crippen LogP contribution in [0.3, 0.4) is 0 Å². The number of carbonyl (C=O) groups is 1. The van der Waals surface area contributed by atoms with E-state index in [0.29, 0.717) is 23.9 Å². The van der Waals surface area contributed by atoms with E-state index in [-0.39, 0.29) is 16.7 Å². The Labute approximate surface area is 158 Å². The second-order valence-corrected chi connectivity index (χ2v) is 7.74. The van der Waals surface area contributed by atoms with Crippen LogP contribution in [0.2, 0.25) is 0 Å². The van der Waals surface area contributed by atoms with Crippen LogP contribution >= 0.6 is 0 Å². The number of methoxy groups -OCH3 is 2. The number of nitrogens with zero attached hydrogens (tertiary/aromatic N) is 1. The maximum atomic E-state index is 11.9. The molecule has 0 aliphatic heterocycles. The van der Waals surface area contributed by atoms with Crippen LogP contribution < -0.4 is 9.47 Å². The number of sulfone groups is 1. The number of hydrogen-bond donors (Lipinski definition) is 0. The monoisotopic (exact) mass is 395 g/mol. The molecule has 0 radical (unpaired) electrons. The predicted octanol–water partition coefficient (Wildman–Crippen LogP) is 2.48. The standard InChI is InChI=1S/C18H21NO7S/c1-12(11-23-2)25-15-7-13(18(20)24-3)8-16(9-15)26-14-5-6-17(19-10-14)27(4,21)22/h5-10,12H,11H2,1-4H3. The van der Waals surface area contributed by atoms with E-state index >= 15 is 0 Å². The van der Waals surface area contributed by atoms with Crippen molar-refractivity contribution < 1.29 is 32.2 Å². The third-order valence-electron chi connectivity index (χ3n) is 3.36. The van der Waals surface area contributed by atoms with Crippen molar-refractivity contribution in [3.8, 4) is 17.2 Å². The van der Waals surface area contributed by atoms with Gasteiger partial charge < -0.3 is 18.9 Å². The van der Waals surface area contributed by atoms with Gasteiger partial charge in [0.05, 0.1) is 25.5 Å². The van der Waals surface area contributed by atoms with Crippen molar-refractivity contribution >= 4 is 15.8 Å². The average Bonchev–Trinajstić information content (AvgIpc) is 2.60. The summed E-state index contributed by atoms with van der Waals surface area (Å²) in [6, 6.07) is 7.44. The first-order valence-electron chi connectivity index (χ1n) is 7.96. The van der Waals surface area contributed by atoms with Crippen LogP contribution in [0.4, 0.5) is 0 Å². The first-order chi connectivity index (χ1) is 12.7. The van der Waals surface area contributed by atoms with E-state index in [1.165, 1.54) is 37.6 Å². The summed E-state index contributed by atoms with van der Waals surface area (Å²) in [5.41, 5.74) is 0.246. The van der Waals surface area contributed by atoms with Gasteiger partial charge in [-0.2, -0.15) is 0 Å². The molecule has 9 heteroatoms. The lowest BCUT2D eigenvalue weighted by Crippen LogP contribution is -2.18. The summed E-state index contributed by atoms with van der Waals surface area (Å²) >= 11 is 0. The van der Waals surface area contributed by atoms with Crippen molar-refractivity contribution in [3.63, 3.8) is 0 Å². The van der Waals surface area contributed by atoms with Crippen LogP contribution in [0, 0.1) is 0 Å². The van der Waals surface area contributed by atoms with E-state index in [4.69, 9.17) is 18.9 Å². The van der Waals surface area contributed by atoms with E-state index < -0.39 is 15.8 Å². The van der Waals surface area contributed by atoms with Gasteiger partial charge in [0.15, 0.2) is 14.9 Å². The van der Waals surface area contributed by atoms with Crippen LogP contribution in [0.15, 0.2) is 41.6 Å². The fourth-order valence-corrected chi connectivity index (χ4v) is 2.78. The Hall–Kier alpha value is -2.65. The quantitative estimate of drug-likeness (QED) is 0.628. The molecule has 27 heavy (non-hydrogen) atoms. The Balaban J connectivity index is 2.30. The number of ether oxygens (including phenoxy) is 4. The normalized spacial score (nSPS) is 12.3. The molecular formula is C18H21NO7S. The Morgan fingerprint density at radius 3 is 2.37 bits per heavy atom. The van der Waals surface area contributed by atoms with Crippen molar-refractivity contribution in [2.75, 3.05) is 27.1 Å². The molecule has 1 atom stereocenters. The molecule has 1 heterocycles. The van der Waals surface area contributed by atoms with E-state index in [0.717, 1.165) is 6.26 Å². The van der Waals surface area contributed by atoms with Crippen LogP contribution in [0.1, 0.15) is 17.3 Å². The number of pyridine rings is 1. The number of aromatic nitrogens is 1. The molecule has 0 spiro atoms. The molecule has 1 aromatic heterocycles. The third-order valence-corrected chi connectivity index (χ3v) is 4.37. The van der Waals surface area contributed by atoms with Crippen molar-refractivity contribution in [2.24, 2.45) is 0 Å². The molecule has 0 bridgehead atoms. The Morgan fingerprint density at radius 1 is 1.11 bits per heavy atom. The Bertz CT molecular complexity index is 894. The number of hydrogen-bond acceptors (Lipinski definition) is 8. The highest BCUT2D eigenvalue weighted by Gasteiger charge is 2.14. The first kappa shape index (κ1) is 20.7. The highest BCUT2D eigenvalue weighted by Crippen LogP contribution is 2.28. The summed E-state index contributed by atoms with van der Waals surface area (Å²) < 4.78 is 44.1. The third kappa shape index (κ3) is 5.93. The summed E-state index contributed by atoms with van der Waals surface area (Å²) in [5.74, 6) is 0.472. The number of benzene rings is 1. The zero-order valence-electron chi connectivity index (χ0n) is 15.5. The van der Waals surface area contributed by atoms with Gasteiger partial charge in [-0.1, -0.05) is 0 Å². The molecule has 2 rings (SSSR count). The van der Waals surface area contributed by atoms with Crippen molar-refractivity contribution in [2.45, 2.75) is 18.1 Å². The number of carbonyl (C=O) groups excluding carboxylic acids is 1. The number of rotatable bonds is 8. The lowest BCUT2D eigenvalue weighted by molar-refractivity contribution is 0.0598. The Morgan fingerprint density at radius 2 is 1.81 bits per heavy atom. The lowest BCUT2D eigenvalue weighted by atomic mass is 10.2. The minimum atomic E-state index is -3.40. The zero-order chi connectivity index (χ0) is 20.0. The fourth-order valence-electron chi connectivity index (χ4n) is 2.22. The van der Waals surface area contributed by atoms with E-state index in [2.05, 4.69) is 4.98 Å². The summed E-state index contributed by atoms with van der Waals surface area (Å²) in [7, 11) is -0.562. The van der Waals surface area contributed by atoms with Crippen LogP contribution in [-0.2, 0) is 19.3 Å². The highest BCUT2D eigenvalue weighted by atomic mass is 32.2. The number of esters is 1. The largest absolute Gasteiger partial charge is 0.488 e. The molecule has 0 aliphatic rings. The average molecular weight is 395 g/mol. The molecule has 1 unspecified atom stereocenters. The molecule has 0 aliphatic carbocycles. The Kier molecular flexibility index (Phi) is 6.75. The molecule has 2 aromatic rings. The molecule has 0 fully saturated rings. The SMILES string of the molecule is COCC(C)Oc1cc(Oc2ccc(S(C)(=O)=O)nc2)cc(C(=O)OC)c1. The van der Waals surface area contributed by atoms with Crippen molar-refractivity contribution in [1.29, 1.82) is 0 Å². The van der Waals surface area contributed by atoms with Gasteiger partial charge >= 0.3 is 5.97 Å². The molecule has 146 valence electrons. The maximum absolute atomic E-state index is 11.9. The van der Waals surface area contributed by atoms with Gasteiger partial charge in [0, 0.05) is 19.4 Å². The molecular weight excluding hydrogens is 374 g/mol. The molecule has 0 N–H and O–H groups in total. The molecule has 8 nitrogen and oxygen atoms in total. The maximum Gasteiger partial charge on any atom is 0.338 e. The van der Waals surface area contributed by atoms with E-state index in [1.807, 2.05) is 6.92 Å². The van der Waals surface area contributed by atoms with Crippen LogP contribution in [-0.4, -0.2) is 52.6 Å². The van der Waals surface area contributed by atoms with Gasteiger partial charge in [0.2, 0.25) is 0 Å². The topological polar surface area (TPSA) is 101 Å². The van der Waals surface area contributed by atoms with Crippen molar-refractivity contribution in [3.05, 3.63) is 42.1 Å². The van der Waals surface area contributed by atoms with Gasteiger partial charge in [-0.25, -0.2) is 18.2 Å². The van der Waals surface area contributed by atoms with Gasteiger partial charge in [0.1, 0.15) is 23.4 Å². The highest BCUT2D eigenvalue weighted by molar-refractivity contribution is 7.90. The first-order valence-corrected chi connectivity index (χ1v) is 9.85. The van der Waals surface area contributed by atoms with Crippen LogP contribution in [0.25, 0.3) is 0 Å². The van der Waals surface area contributed by atoms with E-state index in [9.17, 15) is 13.2 Å². The second-order valence-electron chi connectivity index (χ2n) is 5.77. The molecule has 0 amide bonds. The molecule has 0 saturated heterocycles. The van der Waals surface area contributed by atoms with Gasteiger partial charge in [-0.3, -0.25) is 0 Å². The van der Waals surface area contributed by atoms with Gasteiger partial charge in [0.25, 0.3) is 0 Å². The predicted molar refractivity (Wildman–Crippen MR) is 97.2 cm³/mol. The summed E-state index contributed by atoms with van der Waals surface area (Å²) in [4.78, 5) is 15.8. The van der Waals surface area contributed by atoms with E-state index in [1.54, 1.807) is 13.2 Å². The fraction of sp³-hybridized carbons (Fsp3) is 0.333. The summed E-state index contributed by atoms with van der Waals surface area (Å²) in [6.45, 7) is 2.19. The van der Waals surface area contributed by atoms with Crippen molar-refractivity contribution in [1.82, 2.24) is 4.98 Å². The van der Waals surface area contributed by atoms with Gasteiger partial charge in [-0.15, -0.1) is 0 Å². The van der Waals surface area contributed by atoms with Crippen LogP contribution in [0.5, 0.6) is 17.2 Å². The summed E-state index contributed by atoms with van der Waals surface area (Å²) in [5, 5.41) is -0.0597. The lowest BCUT2D eigenvalue weighted by Gasteiger charge is -2.16. The molecule has 0 saturated carbocycles. The molecule has 1 aromatic carbocycles. The summed E-state index contributed by atoms with van der Waals surface area (Å²) in [6.07, 6.45) is 2.11. The smallest absolute Gasteiger partial charge is 0.338 e. The van der Waals surface area contributed by atoms with Gasteiger partial charge in [-0.05, 0) is 31.2 Å². The second kappa shape index (κ2) is 8.83. The zero-order valence-corrected chi connectivity index (χ0v) is 16.3.